The van der Waals surface area contributed by atoms with Crippen LogP contribution in [0.4, 0.5) is 5.69 Å². The standard InChI is InChI=1S/C15H17NO2/c1-3-11-6-7-13-12(9-11)16-10(2)15(18-13)14-5-4-8-17-14/h4-10,15-16H,3H2,1-2H3. The van der Waals surface area contributed by atoms with E-state index in [1.54, 1.807) is 6.26 Å². The van der Waals surface area contributed by atoms with Crippen molar-refractivity contribution >= 4 is 5.69 Å². The van der Waals surface area contributed by atoms with Gasteiger partial charge in [0.2, 0.25) is 0 Å². The molecule has 3 rings (SSSR count). The summed E-state index contributed by atoms with van der Waals surface area (Å²) in [6, 6.07) is 10.3. The topological polar surface area (TPSA) is 34.4 Å². The van der Waals surface area contributed by atoms with Gasteiger partial charge in [-0.1, -0.05) is 13.0 Å². The fraction of sp³-hybridized carbons (Fsp3) is 0.333. The molecule has 0 bridgehead atoms. The fourth-order valence-corrected chi connectivity index (χ4v) is 2.33. The van der Waals surface area contributed by atoms with Crippen molar-refractivity contribution in [1.29, 1.82) is 0 Å². The van der Waals surface area contributed by atoms with Crippen LogP contribution in [0.3, 0.4) is 0 Å². The lowest BCUT2D eigenvalue weighted by Gasteiger charge is -2.32. The Hall–Kier alpha value is -1.90. The van der Waals surface area contributed by atoms with E-state index in [0.717, 1.165) is 23.6 Å². The Kier molecular flexibility index (Phi) is 2.74. The number of furan rings is 1. The molecule has 0 saturated carbocycles. The summed E-state index contributed by atoms with van der Waals surface area (Å²) in [5, 5.41) is 3.49. The quantitative estimate of drug-likeness (QED) is 0.871. The Balaban J connectivity index is 1.92. The number of benzene rings is 1. The van der Waals surface area contributed by atoms with Crippen molar-refractivity contribution in [1.82, 2.24) is 0 Å². The maximum atomic E-state index is 6.03. The van der Waals surface area contributed by atoms with Gasteiger partial charge in [-0.25, -0.2) is 0 Å². The van der Waals surface area contributed by atoms with Gasteiger partial charge in [0.05, 0.1) is 18.0 Å². The predicted octanol–water partition coefficient (Wildman–Crippen LogP) is 3.78. The lowest BCUT2D eigenvalue weighted by Crippen LogP contribution is -2.32. The summed E-state index contributed by atoms with van der Waals surface area (Å²) >= 11 is 0. The molecule has 1 N–H and O–H groups in total. The number of nitrogens with one attached hydrogen (secondary N) is 1. The lowest BCUT2D eigenvalue weighted by molar-refractivity contribution is 0.151. The maximum absolute atomic E-state index is 6.03. The van der Waals surface area contributed by atoms with Gasteiger partial charge in [-0.2, -0.15) is 0 Å². The Labute approximate surface area is 107 Å². The smallest absolute Gasteiger partial charge is 0.176 e. The first-order chi connectivity index (χ1) is 8.78. The van der Waals surface area contributed by atoms with Gasteiger partial charge >= 0.3 is 0 Å². The first-order valence-corrected chi connectivity index (χ1v) is 6.37. The zero-order valence-electron chi connectivity index (χ0n) is 10.6. The number of anilines is 1. The van der Waals surface area contributed by atoms with Gasteiger partial charge in [0, 0.05) is 0 Å². The second kappa shape index (κ2) is 4.41. The number of hydrogen-bond donors (Lipinski definition) is 1. The molecule has 1 aliphatic heterocycles. The largest absolute Gasteiger partial charge is 0.478 e. The molecule has 3 nitrogen and oxygen atoms in total. The van der Waals surface area contributed by atoms with E-state index in [9.17, 15) is 0 Å². The van der Waals surface area contributed by atoms with E-state index in [1.807, 2.05) is 18.2 Å². The highest BCUT2D eigenvalue weighted by molar-refractivity contribution is 5.60. The average Bonchev–Trinajstić information content (AvgIpc) is 2.91. The van der Waals surface area contributed by atoms with E-state index in [0.29, 0.717) is 0 Å². The molecular formula is C15H17NO2. The molecule has 0 amide bonds. The van der Waals surface area contributed by atoms with Crippen LogP contribution in [-0.4, -0.2) is 6.04 Å². The Morgan fingerprint density at radius 2 is 2.17 bits per heavy atom. The second-order valence-electron chi connectivity index (χ2n) is 4.67. The SMILES string of the molecule is CCc1ccc2c(c1)NC(C)C(c1ccco1)O2. The highest BCUT2D eigenvalue weighted by Crippen LogP contribution is 2.37. The Morgan fingerprint density at radius 1 is 1.28 bits per heavy atom. The van der Waals surface area contributed by atoms with Gasteiger partial charge in [-0.15, -0.1) is 0 Å². The molecule has 0 saturated heterocycles. The number of aryl methyl sites for hydroxylation is 1. The van der Waals surface area contributed by atoms with Crippen LogP contribution in [-0.2, 0) is 6.42 Å². The third kappa shape index (κ3) is 1.86. The monoisotopic (exact) mass is 243 g/mol. The van der Waals surface area contributed by atoms with Crippen molar-refractivity contribution in [3.63, 3.8) is 0 Å². The van der Waals surface area contributed by atoms with Crippen LogP contribution in [0.2, 0.25) is 0 Å². The normalized spacial score (nSPS) is 21.9. The van der Waals surface area contributed by atoms with Crippen LogP contribution in [0.5, 0.6) is 5.75 Å². The van der Waals surface area contributed by atoms with Gasteiger partial charge in [-0.05, 0) is 43.2 Å². The molecular weight excluding hydrogens is 226 g/mol. The van der Waals surface area contributed by atoms with Crippen molar-refractivity contribution in [2.75, 3.05) is 5.32 Å². The van der Waals surface area contributed by atoms with E-state index in [4.69, 9.17) is 9.15 Å². The molecule has 2 unspecified atom stereocenters. The van der Waals surface area contributed by atoms with Crippen molar-refractivity contribution in [3.8, 4) is 5.75 Å². The van der Waals surface area contributed by atoms with E-state index in [1.165, 1.54) is 5.56 Å². The zero-order valence-corrected chi connectivity index (χ0v) is 10.6. The minimum atomic E-state index is -0.0695. The fourth-order valence-electron chi connectivity index (χ4n) is 2.33. The van der Waals surface area contributed by atoms with Crippen LogP contribution in [0.15, 0.2) is 41.0 Å². The third-order valence-corrected chi connectivity index (χ3v) is 3.37. The summed E-state index contributed by atoms with van der Waals surface area (Å²) in [5.41, 5.74) is 2.39. The molecule has 2 aromatic rings. The molecule has 0 aliphatic carbocycles. The first kappa shape index (κ1) is 11.2. The van der Waals surface area contributed by atoms with E-state index in [2.05, 4.69) is 31.3 Å². The van der Waals surface area contributed by atoms with Crippen LogP contribution in [0.25, 0.3) is 0 Å². The molecule has 0 radical (unpaired) electrons. The number of rotatable bonds is 2. The van der Waals surface area contributed by atoms with E-state index < -0.39 is 0 Å². The summed E-state index contributed by atoms with van der Waals surface area (Å²) in [7, 11) is 0. The Morgan fingerprint density at radius 3 is 2.89 bits per heavy atom. The van der Waals surface area contributed by atoms with E-state index >= 15 is 0 Å². The summed E-state index contributed by atoms with van der Waals surface area (Å²) in [6.45, 7) is 4.26. The first-order valence-electron chi connectivity index (χ1n) is 6.37. The molecule has 0 spiro atoms. The molecule has 94 valence electrons. The van der Waals surface area contributed by atoms with Crippen LogP contribution in [0.1, 0.15) is 31.3 Å². The van der Waals surface area contributed by atoms with Gasteiger partial charge in [-0.3, -0.25) is 0 Å². The van der Waals surface area contributed by atoms with Gasteiger partial charge in [0.1, 0.15) is 11.5 Å². The molecule has 1 aromatic heterocycles. The molecule has 1 aliphatic rings. The lowest BCUT2D eigenvalue weighted by atomic mass is 10.1. The predicted molar refractivity (Wildman–Crippen MR) is 71.0 cm³/mol. The zero-order chi connectivity index (χ0) is 12.5. The summed E-state index contributed by atoms with van der Waals surface area (Å²) in [5.74, 6) is 1.76. The average molecular weight is 243 g/mol. The number of fused-ring (bicyclic) bond motifs is 1. The highest BCUT2D eigenvalue weighted by Gasteiger charge is 2.29. The number of ether oxygens (including phenoxy) is 1. The van der Waals surface area contributed by atoms with Crippen LogP contribution in [0, 0.1) is 0 Å². The molecule has 3 heteroatoms. The molecule has 2 atom stereocenters. The summed E-state index contributed by atoms with van der Waals surface area (Å²) in [6.07, 6.45) is 2.64. The van der Waals surface area contributed by atoms with Gasteiger partial charge in [0.25, 0.3) is 0 Å². The van der Waals surface area contributed by atoms with Gasteiger partial charge in [0.15, 0.2) is 6.10 Å². The molecule has 2 heterocycles. The summed E-state index contributed by atoms with van der Waals surface area (Å²) < 4.78 is 11.5. The third-order valence-electron chi connectivity index (χ3n) is 3.37. The van der Waals surface area contributed by atoms with Crippen molar-refractivity contribution in [2.45, 2.75) is 32.4 Å². The molecule has 1 aromatic carbocycles. The summed E-state index contributed by atoms with van der Waals surface area (Å²) in [4.78, 5) is 0. The number of hydrogen-bond acceptors (Lipinski definition) is 3. The molecule has 18 heavy (non-hydrogen) atoms. The van der Waals surface area contributed by atoms with Gasteiger partial charge < -0.3 is 14.5 Å². The minimum absolute atomic E-state index is 0.0695. The maximum Gasteiger partial charge on any atom is 0.176 e. The van der Waals surface area contributed by atoms with E-state index in [-0.39, 0.29) is 12.1 Å². The van der Waals surface area contributed by atoms with Crippen molar-refractivity contribution in [3.05, 3.63) is 47.9 Å². The van der Waals surface area contributed by atoms with Crippen molar-refractivity contribution in [2.24, 2.45) is 0 Å². The minimum Gasteiger partial charge on any atom is -0.478 e. The molecule has 0 fully saturated rings. The second-order valence-corrected chi connectivity index (χ2v) is 4.67. The van der Waals surface area contributed by atoms with Crippen molar-refractivity contribution < 1.29 is 9.15 Å². The van der Waals surface area contributed by atoms with Crippen LogP contribution < -0.4 is 10.1 Å². The van der Waals surface area contributed by atoms with Crippen LogP contribution >= 0.6 is 0 Å². The Bertz CT molecular complexity index is 533. The highest BCUT2D eigenvalue weighted by atomic mass is 16.5.